The van der Waals surface area contributed by atoms with Gasteiger partial charge in [0.15, 0.2) is 0 Å². The van der Waals surface area contributed by atoms with E-state index in [1.54, 1.807) is 43.9 Å². The van der Waals surface area contributed by atoms with Crippen molar-refractivity contribution in [1.82, 2.24) is 19.9 Å². The molecule has 34 heavy (non-hydrogen) atoms. The van der Waals surface area contributed by atoms with Gasteiger partial charge in [-0.15, -0.1) is 0 Å². The Labute approximate surface area is 198 Å². The van der Waals surface area contributed by atoms with Crippen LogP contribution in [0.3, 0.4) is 0 Å². The van der Waals surface area contributed by atoms with E-state index in [-0.39, 0.29) is 12.3 Å². The Hall–Kier alpha value is -3.57. The molecule has 8 heteroatoms. The first-order valence-electron chi connectivity index (χ1n) is 11.3. The molecule has 7 nitrogen and oxygen atoms in total. The Bertz CT molecular complexity index is 1190. The van der Waals surface area contributed by atoms with E-state index in [1.807, 2.05) is 11.0 Å². The van der Waals surface area contributed by atoms with Gasteiger partial charge in [0.05, 0.1) is 30.7 Å². The van der Waals surface area contributed by atoms with Crippen molar-refractivity contribution < 1.29 is 19.0 Å². The Balaban J connectivity index is 1.38. The Kier molecular flexibility index (Phi) is 7.65. The van der Waals surface area contributed by atoms with Gasteiger partial charge in [-0.25, -0.2) is 14.4 Å². The normalized spacial score (nSPS) is 19.2. The van der Waals surface area contributed by atoms with E-state index in [4.69, 9.17) is 4.74 Å². The minimum atomic E-state index is -1.20. The summed E-state index contributed by atoms with van der Waals surface area (Å²) in [5.74, 6) is 5.26. The van der Waals surface area contributed by atoms with Crippen molar-refractivity contribution in [1.29, 1.82) is 0 Å². The van der Waals surface area contributed by atoms with Crippen molar-refractivity contribution in [2.45, 2.75) is 25.4 Å². The van der Waals surface area contributed by atoms with Gasteiger partial charge in [0.2, 0.25) is 0 Å². The number of hydrogen-bond acceptors (Lipinski definition) is 6. The summed E-state index contributed by atoms with van der Waals surface area (Å²) in [6.07, 6.45) is 6.60. The smallest absolute Gasteiger partial charge is 0.308 e. The Morgan fingerprint density at radius 1 is 1.32 bits per heavy atom. The summed E-state index contributed by atoms with van der Waals surface area (Å²) in [5.41, 5.74) is 2.00. The number of pyridine rings is 1. The first-order valence-corrected chi connectivity index (χ1v) is 11.3. The van der Waals surface area contributed by atoms with E-state index >= 15 is 4.39 Å². The minimum Gasteiger partial charge on any atom is -0.497 e. The van der Waals surface area contributed by atoms with E-state index in [0.717, 1.165) is 17.5 Å². The number of carbonyl (C=O) groups is 1. The number of piperidine rings is 1. The first-order chi connectivity index (χ1) is 16.5. The number of likely N-dealkylation sites (tertiary alicyclic amines) is 1. The fourth-order valence-corrected chi connectivity index (χ4v) is 4.52. The van der Waals surface area contributed by atoms with Gasteiger partial charge < -0.3 is 9.84 Å². The molecule has 1 fully saturated rings. The van der Waals surface area contributed by atoms with Gasteiger partial charge in [0.1, 0.15) is 18.2 Å². The summed E-state index contributed by atoms with van der Waals surface area (Å²) in [6, 6.07) is 7.11. The molecule has 176 valence electrons. The molecule has 0 amide bonds. The topological polar surface area (TPSA) is 88.4 Å². The molecule has 4 rings (SSSR count). The van der Waals surface area contributed by atoms with Gasteiger partial charge in [0.25, 0.3) is 0 Å². The third-order valence-corrected chi connectivity index (χ3v) is 6.36. The van der Waals surface area contributed by atoms with Gasteiger partial charge in [-0.3, -0.25) is 14.7 Å². The van der Waals surface area contributed by atoms with E-state index < -0.39 is 18.1 Å². The molecule has 0 bridgehead atoms. The largest absolute Gasteiger partial charge is 0.497 e. The molecule has 3 heterocycles. The molecule has 0 radical (unpaired) electrons. The zero-order chi connectivity index (χ0) is 23.9. The monoisotopic (exact) mass is 462 g/mol. The molecule has 1 aliphatic rings. The van der Waals surface area contributed by atoms with Crippen LogP contribution < -0.4 is 4.74 Å². The quantitative estimate of drug-likeness (QED) is 0.533. The Morgan fingerprint density at radius 2 is 2.15 bits per heavy atom. The third kappa shape index (κ3) is 5.67. The van der Waals surface area contributed by atoms with Crippen LogP contribution in [0, 0.1) is 23.7 Å². The summed E-state index contributed by atoms with van der Waals surface area (Å²) >= 11 is 0. The molecule has 1 N–H and O–H groups in total. The second-order valence-electron chi connectivity index (χ2n) is 8.49. The van der Waals surface area contributed by atoms with Gasteiger partial charge in [-0.05, 0) is 61.6 Å². The van der Waals surface area contributed by atoms with E-state index in [0.29, 0.717) is 42.8 Å². The summed E-state index contributed by atoms with van der Waals surface area (Å²) in [6.45, 7) is 1.62. The summed E-state index contributed by atoms with van der Waals surface area (Å²) in [5, 5.41) is 10.5. The second-order valence-corrected chi connectivity index (χ2v) is 8.49. The van der Waals surface area contributed by atoms with Crippen molar-refractivity contribution >= 4 is 16.9 Å². The molecular weight excluding hydrogens is 435 g/mol. The van der Waals surface area contributed by atoms with Crippen LogP contribution in [0.5, 0.6) is 5.75 Å². The van der Waals surface area contributed by atoms with Crippen molar-refractivity contribution in [3.05, 3.63) is 60.3 Å². The fourth-order valence-electron chi connectivity index (χ4n) is 4.52. The zero-order valence-corrected chi connectivity index (χ0v) is 19.0. The zero-order valence-electron chi connectivity index (χ0n) is 19.0. The van der Waals surface area contributed by atoms with Crippen LogP contribution in [0.15, 0.2) is 49.2 Å². The first kappa shape index (κ1) is 23.6. The maximum Gasteiger partial charge on any atom is 0.308 e. The number of nitrogens with zero attached hydrogens (tertiary/aromatic N) is 4. The molecule has 0 unspecified atom stereocenters. The molecule has 1 saturated heterocycles. The number of aliphatic carboxylic acids is 1. The van der Waals surface area contributed by atoms with Crippen molar-refractivity contribution in [3.8, 4) is 17.6 Å². The van der Waals surface area contributed by atoms with Crippen LogP contribution in [-0.4, -0.2) is 57.7 Å². The molecular formula is C26H27FN4O3. The number of halogens is 1. The van der Waals surface area contributed by atoms with Gasteiger partial charge in [-0.1, -0.05) is 11.8 Å². The molecule has 0 aliphatic carbocycles. The molecule has 1 aromatic carbocycles. The predicted molar refractivity (Wildman–Crippen MR) is 126 cm³/mol. The number of methoxy groups -OCH3 is 1. The van der Waals surface area contributed by atoms with Gasteiger partial charge >= 0.3 is 5.97 Å². The van der Waals surface area contributed by atoms with E-state index in [1.165, 1.54) is 6.33 Å². The number of fused-ring (bicyclic) bond motifs is 1. The lowest BCUT2D eigenvalue weighted by Gasteiger charge is -2.35. The van der Waals surface area contributed by atoms with Crippen LogP contribution in [0.2, 0.25) is 0 Å². The lowest BCUT2D eigenvalue weighted by molar-refractivity contribution is -0.146. The highest BCUT2D eigenvalue weighted by atomic mass is 19.1. The summed E-state index contributed by atoms with van der Waals surface area (Å²) in [7, 11) is 1.57. The SMILES string of the molecule is COc1ccc2nccc([C@H](F)CC[C@@H]3CCN(CC#Cc4cncnc4)C[C@@H]3C(=O)O)c2c1. The van der Waals surface area contributed by atoms with Crippen LogP contribution in [0.25, 0.3) is 10.9 Å². The average molecular weight is 463 g/mol. The fraction of sp³-hybridized carbons (Fsp3) is 0.385. The predicted octanol–water partition coefficient (Wildman–Crippen LogP) is 3.90. The third-order valence-electron chi connectivity index (χ3n) is 6.36. The highest BCUT2D eigenvalue weighted by Gasteiger charge is 2.34. The number of benzene rings is 1. The van der Waals surface area contributed by atoms with E-state index in [2.05, 4.69) is 26.8 Å². The van der Waals surface area contributed by atoms with Crippen LogP contribution in [0.4, 0.5) is 4.39 Å². The van der Waals surface area contributed by atoms with Crippen LogP contribution >= 0.6 is 0 Å². The van der Waals surface area contributed by atoms with Crippen molar-refractivity contribution in [3.63, 3.8) is 0 Å². The minimum absolute atomic E-state index is 0.0786. The molecule has 0 saturated carbocycles. The maximum absolute atomic E-state index is 15.3. The van der Waals surface area contributed by atoms with E-state index in [9.17, 15) is 9.90 Å². The molecule has 3 aromatic rings. The number of carboxylic acid groups (broad SMARTS) is 1. The average Bonchev–Trinajstić information content (AvgIpc) is 2.87. The lowest BCUT2D eigenvalue weighted by Crippen LogP contribution is -2.44. The second kappa shape index (κ2) is 11.0. The van der Waals surface area contributed by atoms with Gasteiger partial charge in [0, 0.05) is 30.5 Å². The highest BCUT2D eigenvalue weighted by molar-refractivity contribution is 5.83. The number of ether oxygens (including phenoxy) is 1. The van der Waals surface area contributed by atoms with Crippen LogP contribution in [0.1, 0.15) is 36.6 Å². The van der Waals surface area contributed by atoms with Crippen molar-refractivity contribution in [2.24, 2.45) is 11.8 Å². The number of carboxylic acids is 1. The molecule has 3 atom stereocenters. The number of aromatic nitrogens is 3. The number of alkyl halides is 1. The summed E-state index contributed by atoms with van der Waals surface area (Å²) in [4.78, 5) is 26.2. The molecule has 2 aromatic heterocycles. The highest BCUT2D eigenvalue weighted by Crippen LogP contribution is 2.35. The number of hydrogen-bond donors (Lipinski definition) is 1. The number of rotatable bonds is 7. The Morgan fingerprint density at radius 3 is 2.91 bits per heavy atom. The van der Waals surface area contributed by atoms with Crippen LogP contribution in [-0.2, 0) is 4.79 Å². The maximum atomic E-state index is 15.3. The molecule has 0 spiro atoms. The lowest BCUT2D eigenvalue weighted by atomic mass is 9.81. The van der Waals surface area contributed by atoms with Crippen molar-refractivity contribution in [2.75, 3.05) is 26.7 Å². The van der Waals surface area contributed by atoms with Gasteiger partial charge in [-0.2, -0.15) is 0 Å². The molecule has 1 aliphatic heterocycles. The summed E-state index contributed by atoms with van der Waals surface area (Å²) < 4.78 is 20.6. The standard InChI is InChI=1S/C26H27FN4O3/c1-34-20-5-7-25-22(13-20)21(8-10-30-25)24(27)6-4-19-9-12-31(16-23(19)26(32)33)11-2-3-18-14-28-17-29-15-18/h5,7-8,10,13-15,17,19,23-24H,4,6,9,11-12,16H2,1H3,(H,32,33)/t19-,23+,24-/m1/s1.